The van der Waals surface area contributed by atoms with Gasteiger partial charge in [0.05, 0.1) is 19.0 Å². The molecule has 5 nitrogen and oxygen atoms in total. The van der Waals surface area contributed by atoms with Gasteiger partial charge in [0, 0.05) is 18.4 Å². The van der Waals surface area contributed by atoms with Crippen molar-refractivity contribution >= 4 is 5.97 Å². The minimum absolute atomic E-state index is 0.317. The van der Waals surface area contributed by atoms with Crippen LogP contribution in [0.25, 0.3) is 0 Å². The summed E-state index contributed by atoms with van der Waals surface area (Å²) in [5.41, 5.74) is -0.325. The number of methoxy groups -OCH3 is 1. The molecule has 0 aliphatic heterocycles. The van der Waals surface area contributed by atoms with E-state index >= 15 is 0 Å². The van der Waals surface area contributed by atoms with E-state index in [0.29, 0.717) is 11.7 Å². The summed E-state index contributed by atoms with van der Waals surface area (Å²) in [7, 11) is 1.41. The van der Waals surface area contributed by atoms with Gasteiger partial charge in [-0.3, -0.25) is 15.3 Å². The molecule has 110 valence electrons. The normalized spacial score (nSPS) is 19.9. The number of esters is 1. The van der Waals surface area contributed by atoms with Crippen LogP contribution in [-0.4, -0.2) is 29.1 Å². The summed E-state index contributed by atoms with van der Waals surface area (Å²) in [5.74, 6) is -0.317. The molecule has 1 atom stereocenters. The van der Waals surface area contributed by atoms with E-state index in [-0.39, 0.29) is 5.97 Å². The van der Waals surface area contributed by atoms with Crippen LogP contribution >= 0.6 is 0 Å². The van der Waals surface area contributed by atoms with Crippen molar-refractivity contribution in [2.45, 2.75) is 57.0 Å². The summed E-state index contributed by atoms with van der Waals surface area (Å²) in [5, 5.41) is 3.46. The molecule has 0 amide bonds. The zero-order chi connectivity index (χ0) is 14.4. The van der Waals surface area contributed by atoms with Gasteiger partial charge >= 0.3 is 5.97 Å². The molecule has 1 aromatic heterocycles. The maximum absolute atomic E-state index is 12.2. The van der Waals surface area contributed by atoms with Crippen LogP contribution in [0.2, 0.25) is 0 Å². The molecule has 1 heterocycles. The number of hydrogen-bond donors (Lipinski definition) is 1. The molecule has 0 saturated heterocycles. The third-order valence-corrected chi connectivity index (χ3v) is 4.02. The first-order chi connectivity index (χ1) is 9.66. The molecule has 0 aromatic carbocycles. The minimum Gasteiger partial charge on any atom is -0.467 e. The smallest absolute Gasteiger partial charge is 0.332 e. The predicted molar refractivity (Wildman–Crippen MR) is 76.0 cm³/mol. The van der Waals surface area contributed by atoms with Gasteiger partial charge in [-0.1, -0.05) is 25.7 Å². The van der Waals surface area contributed by atoms with E-state index in [4.69, 9.17) is 4.74 Å². The van der Waals surface area contributed by atoms with E-state index < -0.39 is 5.54 Å². The number of hydrogen-bond acceptors (Lipinski definition) is 5. The van der Waals surface area contributed by atoms with E-state index in [1.807, 2.05) is 6.92 Å². The predicted octanol–water partition coefficient (Wildman–Crippen LogP) is 2.18. The maximum Gasteiger partial charge on any atom is 0.332 e. The second kappa shape index (κ2) is 6.79. The average Bonchev–Trinajstić information content (AvgIpc) is 2.75. The first-order valence-electron chi connectivity index (χ1n) is 7.29. The van der Waals surface area contributed by atoms with Gasteiger partial charge in [-0.25, -0.2) is 4.79 Å². The summed E-state index contributed by atoms with van der Waals surface area (Å²) in [6, 6.07) is 0.323. The molecular formula is C15H23N3O2. The van der Waals surface area contributed by atoms with Crippen LogP contribution < -0.4 is 5.32 Å². The molecule has 2 rings (SSSR count). The minimum atomic E-state index is -0.933. The fourth-order valence-corrected chi connectivity index (χ4v) is 2.83. The summed E-state index contributed by atoms with van der Waals surface area (Å²) >= 11 is 0. The van der Waals surface area contributed by atoms with E-state index in [1.165, 1.54) is 32.8 Å². The average molecular weight is 277 g/mol. The Bertz CT molecular complexity index is 430. The third kappa shape index (κ3) is 3.33. The Morgan fingerprint density at radius 1 is 1.30 bits per heavy atom. The Morgan fingerprint density at radius 3 is 2.55 bits per heavy atom. The highest BCUT2D eigenvalue weighted by molar-refractivity contribution is 5.81. The van der Waals surface area contributed by atoms with Crippen molar-refractivity contribution in [3.8, 4) is 0 Å². The SMILES string of the molecule is COC(=O)C(C)(NC1CCCCCC1)c1cnccn1. The van der Waals surface area contributed by atoms with Crippen molar-refractivity contribution in [1.29, 1.82) is 0 Å². The molecule has 1 aliphatic rings. The quantitative estimate of drug-likeness (QED) is 0.675. The number of aromatic nitrogens is 2. The molecule has 1 aromatic rings. The van der Waals surface area contributed by atoms with Gasteiger partial charge in [-0.15, -0.1) is 0 Å². The van der Waals surface area contributed by atoms with E-state index in [9.17, 15) is 4.79 Å². The van der Waals surface area contributed by atoms with Crippen molar-refractivity contribution in [2.75, 3.05) is 7.11 Å². The zero-order valence-electron chi connectivity index (χ0n) is 12.3. The lowest BCUT2D eigenvalue weighted by Gasteiger charge is -2.31. The van der Waals surface area contributed by atoms with Gasteiger partial charge in [0.1, 0.15) is 0 Å². The lowest BCUT2D eigenvalue weighted by atomic mass is 9.95. The Balaban J connectivity index is 2.21. The third-order valence-electron chi connectivity index (χ3n) is 4.02. The lowest BCUT2D eigenvalue weighted by molar-refractivity contribution is -0.149. The highest BCUT2D eigenvalue weighted by Gasteiger charge is 2.39. The van der Waals surface area contributed by atoms with Crippen molar-refractivity contribution < 1.29 is 9.53 Å². The first kappa shape index (κ1) is 14.9. The molecule has 0 bridgehead atoms. The molecule has 1 fully saturated rings. The summed E-state index contributed by atoms with van der Waals surface area (Å²) in [4.78, 5) is 20.6. The maximum atomic E-state index is 12.2. The largest absolute Gasteiger partial charge is 0.467 e. The standard InChI is InChI=1S/C15H23N3O2/c1-15(14(19)20-2,13-11-16-9-10-17-13)18-12-7-5-3-4-6-8-12/h9-12,18H,3-8H2,1-2H3. The molecule has 1 aliphatic carbocycles. The summed E-state index contributed by atoms with van der Waals surface area (Å²) in [6.07, 6.45) is 12.0. The number of nitrogens with one attached hydrogen (secondary N) is 1. The van der Waals surface area contributed by atoms with E-state index in [1.54, 1.807) is 18.6 Å². The Hall–Kier alpha value is -1.49. The van der Waals surface area contributed by atoms with Crippen molar-refractivity contribution in [3.05, 3.63) is 24.3 Å². The first-order valence-corrected chi connectivity index (χ1v) is 7.29. The number of nitrogens with zero attached hydrogens (tertiary/aromatic N) is 2. The molecule has 1 unspecified atom stereocenters. The molecule has 1 N–H and O–H groups in total. The monoisotopic (exact) mass is 277 g/mol. The van der Waals surface area contributed by atoms with Crippen LogP contribution in [0, 0.1) is 0 Å². The van der Waals surface area contributed by atoms with Crippen LogP contribution in [0.5, 0.6) is 0 Å². The molecule has 0 radical (unpaired) electrons. The Morgan fingerprint density at radius 2 is 2.00 bits per heavy atom. The molecule has 5 heteroatoms. The topological polar surface area (TPSA) is 64.1 Å². The number of carbonyl (C=O) groups excluding carboxylic acids is 1. The van der Waals surface area contributed by atoms with Crippen molar-refractivity contribution in [3.63, 3.8) is 0 Å². The van der Waals surface area contributed by atoms with Gasteiger partial charge in [-0.05, 0) is 19.8 Å². The zero-order valence-corrected chi connectivity index (χ0v) is 12.3. The highest BCUT2D eigenvalue weighted by Crippen LogP contribution is 2.25. The fraction of sp³-hybridized carbons (Fsp3) is 0.667. The van der Waals surface area contributed by atoms with Gasteiger partial charge < -0.3 is 4.74 Å². The van der Waals surface area contributed by atoms with Crippen LogP contribution in [0.15, 0.2) is 18.6 Å². The van der Waals surface area contributed by atoms with E-state index in [2.05, 4.69) is 15.3 Å². The lowest BCUT2D eigenvalue weighted by Crippen LogP contribution is -2.52. The molecular weight excluding hydrogens is 254 g/mol. The van der Waals surface area contributed by atoms with Crippen LogP contribution in [-0.2, 0) is 15.1 Å². The Kier molecular flexibility index (Phi) is 5.06. The van der Waals surface area contributed by atoms with E-state index in [0.717, 1.165) is 12.8 Å². The van der Waals surface area contributed by atoms with Gasteiger partial charge in [0.15, 0.2) is 5.54 Å². The number of carbonyl (C=O) groups is 1. The molecule has 20 heavy (non-hydrogen) atoms. The fourth-order valence-electron chi connectivity index (χ4n) is 2.83. The van der Waals surface area contributed by atoms with Gasteiger partial charge in [0.25, 0.3) is 0 Å². The second-order valence-corrected chi connectivity index (χ2v) is 5.54. The number of rotatable bonds is 4. The van der Waals surface area contributed by atoms with Crippen LogP contribution in [0.1, 0.15) is 51.1 Å². The van der Waals surface area contributed by atoms with Crippen molar-refractivity contribution in [1.82, 2.24) is 15.3 Å². The molecule has 0 spiro atoms. The van der Waals surface area contributed by atoms with Gasteiger partial charge in [0.2, 0.25) is 0 Å². The summed E-state index contributed by atoms with van der Waals surface area (Å²) < 4.78 is 4.97. The molecule has 1 saturated carbocycles. The number of ether oxygens (including phenoxy) is 1. The highest BCUT2D eigenvalue weighted by atomic mass is 16.5. The van der Waals surface area contributed by atoms with Crippen LogP contribution in [0.4, 0.5) is 0 Å². The van der Waals surface area contributed by atoms with Crippen LogP contribution in [0.3, 0.4) is 0 Å². The van der Waals surface area contributed by atoms with Crippen molar-refractivity contribution in [2.24, 2.45) is 0 Å². The van der Waals surface area contributed by atoms with Gasteiger partial charge in [-0.2, -0.15) is 0 Å². The Labute approximate surface area is 120 Å². The second-order valence-electron chi connectivity index (χ2n) is 5.54. The summed E-state index contributed by atoms with van der Waals surface area (Å²) in [6.45, 7) is 1.83.